The Hall–Kier alpha value is -1.33. The Morgan fingerprint density at radius 2 is 2.29 bits per heavy atom. The molecule has 3 heterocycles. The number of piperidine rings is 1. The molecule has 1 aliphatic carbocycles. The monoisotopic (exact) mass is 290 g/mol. The summed E-state index contributed by atoms with van der Waals surface area (Å²) in [6.07, 6.45) is 6.09. The van der Waals surface area contributed by atoms with Gasteiger partial charge in [0.1, 0.15) is 5.76 Å². The molecule has 2 saturated heterocycles. The third-order valence-electron chi connectivity index (χ3n) is 4.85. The van der Waals surface area contributed by atoms with Gasteiger partial charge in [-0.3, -0.25) is 9.69 Å². The van der Waals surface area contributed by atoms with Gasteiger partial charge in [-0.2, -0.15) is 0 Å². The van der Waals surface area contributed by atoms with E-state index in [1.54, 1.807) is 6.26 Å². The fourth-order valence-corrected chi connectivity index (χ4v) is 3.57. The molecule has 1 N–H and O–H groups in total. The van der Waals surface area contributed by atoms with Crippen LogP contribution in [0.25, 0.3) is 0 Å². The average molecular weight is 290 g/mol. The molecule has 3 atom stereocenters. The zero-order chi connectivity index (χ0) is 14.2. The van der Waals surface area contributed by atoms with Gasteiger partial charge in [0.15, 0.2) is 0 Å². The molecule has 5 heteroatoms. The highest BCUT2D eigenvalue weighted by Gasteiger charge is 2.43. The third-order valence-corrected chi connectivity index (χ3v) is 4.85. The van der Waals surface area contributed by atoms with E-state index < -0.39 is 0 Å². The van der Waals surface area contributed by atoms with Crippen molar-refractivity contribution in [3.63, 3.8) is 0 Å². The summed E-state index contributed by atoms with van der Waals surface area (Å²) in [6.45, 7) is 2.38. The summed E-state index contributed by atoms with van der Waals surface area (Å²) in [7, 11) is 0. The highest BCUT2D eigenvalue weighted by Crippen LogP contribution is 2.33. The van der Waals surface area contributed by atoms with Crippen LogP contribution in [0.1, 0.15) is 31.4 Å². The van der Waals surface area contributed by atoms with Gasteiger partial charge in [-0.15, -0.1) is 0 Å². The minimum atomic E-state index is 0.0416. The van der Waals surface area contributed by atoms with Gasteiger partial charge in [-0.1, -0.05) is 0 Å². The van der Waals surface area contributed by atoms with Gasteiger partial charge in [0, 0.05) is 25.2 Å². The minimum Gasteiger partial charge on any atom is -0.468 e. The van der Waals surface area contributed by atoms with E-state index in [4.69, 9.17) is 9.15 Å². The molecule has 1 saturated carbocycles. The van der Waals surface area contributed by atoms with E-state index in [-0.39, 0.29) is 17.9 Å². The molecular formula is C16H22N2O3. The van der Waals surface area contributed by atoms with Crippen molar-refractivity contribution in [2.24, 2.45) is 5.92 Å². The number of amides is 1. The van der Waals surface area contributed by atoms with Crippen LogP contribution in [0.4, 0.5) is 0 Å². The van der Waals surface area contributed by atoms with Crippen molar-refractivity contribution in [1.29, 1.82) is 0 Å². The van der Waals surface area contributed by atoms with E-state index in [2.05, 4.69) is 10.2 Å². The first-order valence-electron chi connectivity index (χ1n) is 7.98. The highest BCUT2D eigenvalue weighted by molar-refractivity contribution is 5.79. The van der Waals surface area contributed by atoms with Crippen molar-refractivity contribution in [3.05, 3.63) is 24.2 Å². The van der Waals surface area contributed by atoms with Crippen LogP contribution < -0.4 is 5.32 Å². The number of furan rings is 1. The standard InChI is InChI=1S/C16H22N2O3/c19-16(17-12-3-4-12)11-8-15-14(5-7-21-15)18(9-11)10-13-2-1-6-20-13/h1-2,6,11-12,14-15H,3-5,7-10H2,(H,17,19)/t11-,14+,15+/m0/s1. The maximum absolute atomic E-state index is 12.4. The summed E-state index contributed by atoms with van der Waals surface area (Å²) in [6, 6.07) is 4.77. The number of hydrogen-bond donors (Lipinski definition) is 1. The topological polar surface area (TPSA) is 54.7 Å². The van der Waals surface area contributed by atoms with E-state index in [0.717, 1.165) is 51.1 Å². The molecule has 114 valence electrons. The molecule has 2 aliphatic heterocycles. The molecule has 4 rings (SSSR count). The number of likely N-dealkylation sites (tertiary alicyclic amines) is 1. The van der Waals surface area contributed by atoms with Gasteiger partial charge in [0.05, 0.1) is 24.8 Å². The molecule has 0 spiro atoms. The minimum absolute atomic E-state index is 0.0416. The molecule has 0 bridgehead atoms. The number of carbonyl (C=O) groups excluding carboxylic acids is 1. The second-order valence-corrected chi connectivity index (χ2v) is 6.49. The third kappa shape index (κ3) is 2.85. The van der Waals surface area contributed by atoms with Gasteiger partial charge in [0.25, 0.3) is 0 Å². The Bertz CT molecular complexity index is 498. The van der Waals surface area contributed by atoms with E-state index in [1.165, 1.54) is 0 Å². The predicted molar refractivity (Wildman–Crippen MR) is 76.5 cm³/mol. The van der Waals surface area contributed by atoms with Crippen molar-refractivity contribution in [3.8, 4) is 0 Å². The maximum atomic E-state index is 12.4. The van der Waals surface area contributed by atoms with Gasteiger partial charge in [-0.05, 0) is 37.8 Å². The Kier molecular flexibility index (Phi) is 3.47. The maximum Gasteiger partial charge on any atom is 0.224 e. The molecule has 1 amide bonds. The second-order valence-electron chi connectivity index (χ2n) is 6.49. The van der Waals surface area contributed by atoms with Gasteiger partial charge >= 0.3 is 0 Å². The average Bonchev–Trinajstić information content (AvgIpc) is 2.97. The summed E-state index contributed by atoms with van der Waals surface area (Å²) in [5.74, 6) is 1.21. The lowest BCUT2D eigenvalue weighted by Gasteiger charge is -2.39. The Morgan fingerprint density at radius 1 is 1.38 bits per heavy atom. The number of carbonyl (C=O) groups is 1. The highest BCUT2D eigenvalue weighted by atomic mass is 16.5. The van der Waals surface area contributed by atoms with Crippen molar-refractivity contribution in [2.75, 3.05) is 13.2 Å². The SMILES string of the molecule is O=C(NC1CC1)[C@H]1C[C@H]2OCC[C@H]2N(Cc2ccco2)C1. The lowest BCUT2D eigenvalue weighted by atomic mass is 9.89. The van der Waals surface area contributed by atoms with Crippen LogP contribution >= 0.6 is 0 Å². The zero-order valence-corrected chi connectivity index (χ0v) is 12.2. The van der Waals surface area contributed by atoms with E-state index in [0.29, 0.717) is 12.1 Å². The summed E-state index contributed by atoms with van der Waals surface area (Å²) >= 11 is 0. The summed E-state index contributed by atoms with van der Waals surface area (Å²) in [5.41, 5.74) is 0. The van der Waals surface area contributed by atoms with Crippen LogP contribution in [-0.4, -0.2) is 42.1 Å². The fraction of sp³-hybridized carbons (Fsp3) is 0.688. The molecule has 3 fully saturated rings. The molecule has 5 nitrogen and oxygen atoms in total. The lowest BCUT2D eigenvalue weighted by molar-refractivity contribution is -0.130. The number of hydrogen-bond acceptors (Lipinski definition) is 4. The summed E-state index contributed by atoms with van der Waals surface area (Å²) in [4.78, 5) is 14.7. The smallest absolute Gasteiger partial charge is 0.224 e. The van der Waals surface area contributed by atoms with Crippen molar-refractivity contribution >= 4 is 5.91 Å². The summed E-state index contributed by atoms with van der Waals surface area (Å²) < 4.78 is 11.3. The first kappa shape index (κ1) is 13.3. The van der Waals surface area contributed by atoms with Crippen LogP contribution in [0, 0.1) is 5.92 Å². The predicted octanol–water partition coefficient (Wildman–Crippen LogP) is 1.54. The zero-order valence-electron chi connectivity index (χ0n) is 12.2. The second kappa shape index (κ2) is 5.46. The van der Waals surface area contributed by atoms with Crippen LogP contribution in [0.5, 0.6) is 0 Å². The van der Waals surface area contributed by atoms with Crippen LogP contribution in [0.15, 0.2) is 22.8 Å². The van der Waals surface area contributed by atoms with Crippen molar-refractivity contribution in [2.45, 2.75) is 50.4 Å². The van der Waals surface area contributed by atoms with Crippen LogP contribution in [-0.2, 0) is 16.1 Å². The van der Waals surface area contributed by atoms with E-state index in [9.17, 15) is 4.79 Å². The Labute approximate surface area is 124 Å². The molecule has 0 radical (unpaired) electrons. The Morgan fingerprint density at radius 3 is 3.05 bits per heavy atom. The van der Waals surface area contributed by atoms with Crippen molar-refractivity contribution < 1.29 is 13.9 Å². The fourth-order valence-electron chi connectivity index (χ4n) is 3.57. The molecule has 21 heavy (non-hydrogen) atoms. The molecule has 3 aliphatic rings. The van der Waals surface area contributed by atoms with E-state index >= 15 is 0 Å². The number of nitrogens with one attached hydrogen (secondary N) is 1. The van der Waals surface area contributed by atoms with Gasteiger partial charge in [-0.25, -0.2) is 0 Å². The number of rotatable bonds is 4. The van der Waals surface area contributed by atoms with Crippen LogP contribution in [0.2, 0.25) is 0 Å². The molecule has 0 unspecified atom stereocenters. The first-order valence-corrected chi connectivity index (χ1v) is 7.98. The van der Waals surface area contributed by atoms with Gasteiger partial charge in [0.2, 0.25) is 5.91 Å². The Balaban J connectivity index is 1.46. The molecular weight excluding hydrogens is 268 g/mol. The quantitative estimate of drug-likeness (QED) is 0.914. The largest absolute Gasteiger partial charge is 0.468 e. The molecule has 0 aromatic carbocycles. The van der Waals surface area contributed by atoms with Crippen LogP contribution in [0.3, 0.4) is 0 Å². The van der Waals surface area contributed by atoms with Crippen molar-refractivity contribution in [1.82, 2.24) is 10.2 Å². The molecule has 1 aromatic heterocycles. The first-order chi connectivity index (χ1) is 10.3. The van der Waals surface area contributed by atoms with Gasteiger partial charge < -0.3 is 14.5 Å². The number of fused-ring (bicyclic) bond motifs is 1. The normalized spacial score (nSPS) is 32.9. The summed E-state index contributed by atoms with van der Waals surface area (Å²) in [5, 5.41) is 3.14. The number of ether oxygens (including phenoxy) is 1. The lowest BCUT2D eigenvalue weighted by Crippen LogP contribution is -2.52. The van der Waals surface area contributed by atoms with E-state index in [1.807, 2.05) is 12.1 Å². The molecule has 1 aromatic rings. The number of nitrogens with zero attached hydrogens (tertiary/aromatic N) is 1.